The summed E-state index contributed by atoms with van der Waals surface area (Å²) >= 11 is 5.68. The molecule has 1 aromatic heterocycles. The maximum Gasteiger partial charge on any atom is 0.326 e. The summed E-state index contributed by atoms with van der Waals surface area (Å²) < 4.78 is 0. The molecule has 2 aromatic carbocycles. The van der Waals surface area contributed by atoms with E-state index < -0.39 is 145 Å². The number of thiol groups is 1. The predicted octanol–water partition coefficient (Wildman–Crippen LogP) is -3.27. The highest BCUT2D eigenvalue weighted by atomic mass is 32.2. The van der Waals surface area contributed by atoms with Crippen molar-refractivity contribution >= 4 is 106 Å². The van der Waals surface area contributed by atoms with E-state index in [1.54, 1.807) is 80.9 Å². The van der Waals surface area contributed by atoms with E-state index in [1.807, 2.05) is 0 Å². The maximum atomic E-state index is 14.8. The van der Waals surface area contributed by atoms with Crippen molar-refractivity contribution in [3.05, 3.63) is 71.9 Å². The Morgan fingerprint density at radius 1 is 0.747 bits per heavy atom. The molecule has 454 valence electrons. The smallest absolute Gasteiger partial charge is 0.326 e. The van der Waals surface area contributed by atoms with E-state index in [9.17, 15) is 68.1 Å². The second kappa shape index (κ2) is 33.8. The molecule has 1 saturated heterocycles. The number of carbonyl (C=O) groups is 11. The number of thioether (sulfide) groups is 1. The van der Waals surface area contributed by atoms with Gasteiger partial charge in [0.15, 0.2) is 5.96 Å². The van der Waals surface area contributed by atoms with E-state index in [0.29, 0.717) is 34.2 Å². The van der Waals surface area contributed by atoms with Crippen LogP contribution in [0.5, 0.6) is 0 Å². The van der Waals surface area contributed by atoms with Crippen molar-refractivity contribution in [1.82, 2.24) is 52.4 Å². The van der Waals surface area contributed by atoms with Crippen LogP contribution in [0.2, 0.25) is 0 Å². The fourth-order valence-corrected chi connectivity index (χ4v) is 9.63. The largest absolute Gasteiger partial charge is 0.481 e. The van der Waals surface area contributed by atoms with Gasteiger partial charge < -0.3 is 84.9 Å². The Bertz CT molecular complexity index is 2780. The summed E-state index contributed by atoms with van der Waals surface area (Å²) in [4.78, 5) is 155. The van der Waals surface area contributed by atoms with Crippen LogP contribution in [0.25, 0.3) is 10.9 Å². The van der Waals surface area contributed by atoms with Gasteiger partial charge in [0.25, 0.3) is 0 Å². The van der Waals surface area contributed by atoms with Crippen LogP contribution >= 0.6 is 24.4 Å². The molecule has 1 fully saturated rings. The van der Waals surface area contributed by atoms with Crippen molar-refractivity contribution in [2.24, 2.45) is 28.1 Å². The summed E-state index contributed by atoms with van der Waals surface area (Å²) in [5.74, 6) is -11.3. The molecule has 0 bridgehead atoms. The number of amides is 9. The van der Waals surface area contributed by atoms with Gasteiger partial charge in [-0.2, -0.15) is 24.4 Å². The number of hydrogen-bond acceptors (Lipinski definition) is 16. The number of aliphatic carboxylic acids is 2. The van der Waals surface area contributed by atoms with Crippen LogP contribution in [-0.2, 0) is 65.6 Å². The van der Waals surface area contributed by atoms with Crippen molar-refractivity contribution < 1.29 is 68.1 Å². The van der Waals surface area contributed by atoms with E-state index >= 15 is 0 Å². The molecule has 18 N–H and O–H groups in total. The molecule has 0 aliphatic carbocycles. The highest BCUT2D eigenvalue weighted by Crippen LogP contribution is 2.23. The molecule has 4 rings (SSSR count). The number of aromatic nitrogens is 1. The number of para-hydroxylation sites is 1. The Hall–Kier alpha value is -7.96. The van der Waals surface area contributed by atoms with Gasteiger partial charge in [0, 0.05) is 42.4 Å². The summed E-state index contributed by atoms with van der Waals surface area (Å²) in [5, 5.41) is 50.1. The number of aliphatic imine (C=N–C) groups is 1. The van der Waals surface area contributed by atoms with Gasteiger partial charge in [-0.15, -0.1) is 0 Å². The maximum absolute atomic E-state index is 14.8. The quantitative estimate of drug-likeness (QED) is 0.0121. The van der Waals surface area contributed by atoms with Crippen LogP contribution < -0.4 is 59.7 Å². The number of carbonyl (C=O) groups excluding carboxylic acids is 9. The third-order valence-corrected chi connectivity index (χ3v) is 14.3. The first-order valence-corrected chi connectivity index (χ1v) is 28.8. The molecule has 1 aliphatic rings. The molecule has 1 aliphatic heterocycles. The van der Waals surface area contributed by atoms with Crippen molar-refractivity contribution in [3.63, 3.8) is 0 Å². The third-order valence-electron chi connectivity index (χ3n) is 13.3. The second-order valence-electron chi connectivity index (χ2n) is 20.0. The topological polar surface area (TPSA) is 454 Å². The number of benzene rings is 2. The van der Waals surface area contributed by atoms with E-state index in [1.165, 1.54) is 16.7 Å². The number of aliphatic hydroxyl groups is 1. The van der Waals surface area contributed by atoms with Crippen molar-refractivity contribution in [2.45, 2.75) is 120 Å². The minimum Gasteiger partial charge on any atom is -0.481 e. The minimum atomic E-state index is -1.78. The Labute approximate surface area is 488 Å². The number of hydrogen-bond donors (Lipinski definition) is 16. The number of nitrogens with zero attached hydrogens (tertiary/aromatic N) is 2. The number of aliphatic hydroxyl groups excluding tert-OH is 1. The zero-order valence-corrected chi connectivity index (χ0v) is 48.0. The van der Waals surface area contributed by atoms with E-state index in [2.05, 4.69) is 65.1 Å². The van der Waals surface area contributed by atoms with E-state index in [0.717, 1.165) is 0 Å². The molecule has 9 atom stereocenters. The molecule has 3 aromatic rings. The second-order valence-corrected chi connectivity index (χ2v) is 21.3. The van der Waals surface area contributed by atoms with Crippen molar-refractivity contribution in [1.29, 1.82) is 0 Å². The lowest BCUT2D eigenvalue weighted by molar-refractivity contribution is -0.143. The number of guanidine groups is 1. The van der Waals surface area contributed by atoms with Crippen LogP contribution in [-0.4, -0.2) is 195 Å². The van der Waals surface area contributed by atoms with Crippen LogP contribution in [0.3, 0.4) is 0 Å². The summed E-state index contributed by atoms with van der Waals surface area (Å²) in [5.41, 5.74) is 18.6. The molecule has 0 saturated carbocycles. The first-order chi connectivity index (χ1) is 39.5. The molecule has 2 heterocycles. The Morgan fingerprint density at radius 3 is 2.02 bits per heavy atom. The van der Waals surface area contributed by atoms with Gasteiger partial charge >= 0.3 is 11.9 Å². The normalized spacial score (nSPS) is 15.8. The fourth-order valence-electron chi connectivity index (χ4n) is 8.90. The van der Waals surface area contributed by atoms with Crippen LogP contribution in [0.15, 0.2) is 65.8 Å². The number of nitrogens with two attached hydrogens (primary N) is 3. The number of H-pyrrole nitrogens is 1. The molecule has 9 amide bonds. The van der Waals surface area contributed by atoms with Gasteiger partial charge in [-0.3, -0.25) is 52.9 Å². The summed E-state index contributed by atoms with van der Waals surface area (Å²) in [6, 6.07) is 3.26. The molecule has 28 nitrogen and oxygen atoms in total. The number of carboxylic acid groups (broad SMARTS) is 2. The first kappa shape index (κ1) is 67.5. The number of likely N-dealkylation sites (tertiary alicyclic amines) is 1. The molecular weight excluding hydrogens is 1120 g/mol. The number of rotatable bonds is 34. The van der Waals surface area contributed by atoms with Gasteiger partial charge in [0.05, 0.1) is 25.6 Å². The first-order valence-electron chi connectivity index (χ1n) is 26.7. The van der Waals surface area contributed by atoms with E-state index in [-0.39, 0.29) is 63.3 Å². The molecular formula is C53H76N14O14S2. The summed E-state index contributed by atoms with van der Waals surface area (Å²) in [6.45, 7) is 1.74. The standard InChI is InChI=1S/C53H76N14O14S2/c1-28(2)43(50(78)61-34(17-20-83-3)45(73)59-25-41(69)60-35(52(80)81)15-9-18-57-53(55)56)66-48(76)39(27-82)65-49(77)40-16-10-19-67(40)51(79)37(22-30-24-58-33-14-8-7-13-31(30)33)63-47(75)38(26-68)64-46(74)36(23-42(70)71)62-44(72)32(54)21-29-11-5-4-6-12-29/h4-8,11-14,24,28,32,34-40,43,58,68,82H,9-10,15-23,25-27,54H2,1-3H3,(H,59,73)(H,60,69)(H,61,78)(H,62,72)(H,63,75)(H,64,74)(H,65,77)(H,66,76)(H,70,71)(H,80,81)(H4,55,56,57)/t32-,34-,35-,36-,37-,38-,39-,40-,43-/m0/s1. The zero-order chi connectivity index (χ0) is 61.3. The van der Waals surface area contributed by atoms with E-state index in [4.69, 9.17) is 17.2 Å². The third kappa shape index (κ3) is 21.4. The Kier molecular flexibility index (Phi) is 27.5. The molecule has 0 unspecified atom stereocenters. The summed E-state index contributed by atoms with van der Waals surface area (Å²) in [7, 11) is 0. The fraction of sp³-hybridized carbons (Fsp3) is 0.509. The predicted molar refractivity (Wildman–Crippen MR) is 310 cm³/mol. The van der Waals surface area contributed by atoms with Crippen molar-refractivity contribution in [3.8, 4) is 0 Å². The lowest BCUT2D eigenvalue weighted by atomic mass is 10.0. The number of aromatic amines is 1. The van der Waals surface area contributed by atoms with Gasteiger partial charge in [-0.1, -0.05) is 62.4 Å². The number of nitrogens with one attached hydrogen (secondary N) is 9. The van der Waals surface area contributed by atoms with Gasteiger partial charge in [-0.05, 0) is 73.6 Å². The average Bonchev–Trinajstić information content (AvgIpc) is 4.36. The Balaban J connectivity index is 1.46. The number of carboxylic acids is 2. The average molecular weight is 1200 g/mol. The highest BCUT2D eigenvalue weighted by molar-refractivity contribution is 7.98. The van der Waals surface area contributed by atoms with Crippen LogP contribution in [0.4, 0.5) is 0 Å². The molecule has 83 heavy (non-hydrogen) atoms. The van der Waals surface area contributed by atoms with Gasteiger partial charge in [0.1, 0.15) is 48.3 Å². The summed E-state index contributed by atoms with van der Waals surface area (Å²) in [6.07, 6.45) is 3.11. The Morgan fingerprint density at radius 2 is 1.39 bits per heavy atom. The van der Waals surface area contributed by atoms with Gasteiger partial charge in [0.2, 0.25) is 53.2 Å². The lowest BCUT2D eigenvalue weighted by Crippen LogP contribution is -2.61. The van der Waals surface area contributed by atoms with Crippen molar-refractivity contribution in [2.75, 3.05) is 44.0 Å². The van der Waals surface area contributed by atoms with Crippen LogP contribution in [0.1, 0.15) is 63.5 Å². The van der Waals surface area contributed by atoms with Gasteiger partial charge in [-0.25, -0.2) is 4.79 Å². The number of fused-ring (bicyclic) bond motifs is 1. The SMILES string of the molecule is CSCC[C@H](NC(=O)[C@@H](NC(=O)[C@H](CS)NC(=O)[C@@H]1CCCN1C(=O)[C@H](Cc1c[nH]c2ccccc12)NC(=O)[C@H](CO)NC(=O)[C@H](CC(=O)O)NC(=O)[C@@H](N)Cc1ccccc1)C(C)C)C(=O)NCC(=O)N[C@@H](CCCN=C(N)N)C(=O)O. The lowest BCUT2D eigenvalue weighted by Gasteiger charge is -2.31. The van der Waals surface area contributed by atoms with Crippen LogP contribution in [0, 0.1) is 5.92 Å². The molecule has 30 heteroatoms. The zero-order valence-electron chi connectivity index (χ0n) is 46.3. The molecule has 0 spiro atoms. The highest BCUT2D eigenvalue weighted by Gasteiger charge is 2.41. The molecule has 0 radical (unpaired) electrons. The monoisotopic (exact) mass is 1200 g/mol. The minimum absolute atomic E-state index is 0.00896.